The predicted octanol–water partition coefficient (Wildman–Crippen LogP) is 5.41. The average Bonchev–Trinajstić information content (AvgIpc) is 3.60. The van der Waals surface area contributed by atoms with Gasteiger partial charge in [-0.15, -0.1) is 0 Å². The van der Waals surface area contributed by atoms with Crippen LogP contribution in [-0.2, 0) is 14.4 Å². The van der Waals surface area contributed by atoms with E-state index in [4.69, 9.17) is 21.5 Å². The first kappa shape index (κ1) is 37.1. The molecule has 3 aliphatic heterocycles. The number of aryl methyl sites for hydroxylation is 2. The molecule has 0 spiro atoms. The summed E-state index contributed by atoms with van der Waals surface area (Å²) in [4.78, 5) is 55.3. The summed E-state index contributed by atoms with van der Waals surface area (Å²) >= 11 is 6.44. The van der Waals surface area contributed by atoms with E-state index in [2.05, 4.69) is 4.90 Å². The van der Waals surface area contributed by atoms with Crippen LogP contribution in [0.4, 0.5) is 23.2 Å². The van der Waals surface area contributed by atoms with Crippen molar-refractivity contribution in [3.63, 3.8) is 0 Å². The highest BCUT2D eigenvalue weighted by molar-refractivity contribution is 6.31. The van der Waals surface area contributed by atoms with Crippen molar-refractivity contribution < 1.29 is 41.8 Å². The van der Waals surface area contributed by atoms with Crippen molar-refractivity contribution >= 4 is 41.0 Å². The van der Waals surface area contributed by atoms with Crippen molar-refractivity contribution in [3.05, 3.63) is 63.9 Å². The Morgan fingerprint density at radius 1 is 0.938 bits per heavy atom. The normalized spacial score (nSPS) is 19.8. The maximum Gasteiger partial charge on any atom is 0.490 e. The van der Waals surface area contributed by atoms with E-state index in [-0.39, 0.29) is 29.2 Å². The van der Waals surface area contributed by atoms with E-state index >= 15 is 0 Å². The number of fused-ring (bicyclic) bond motifs is 1. The Morgan fingerprint density at radius 3 is 2.08 bits per heavy atom. The molecule has 3 saturated heterocycles. The molecule has 2 aromatic carbocycles. The zero-order valence-corrected chi connectivity index (χ0v) is 28.0. The zero-order chi connectivity index (χ0) is 35.3. The number of halogens is 5. The standard InChI is InChI=1S/C32H40ClFN4O3.C2HF3O2/c1-21-5-8-30(34)28(15-21)32(41)37-19-25-17-35(18-26(25)20-37)11-4-12-38(27-7-6-22(2)29(33)16-27)31(40)24-9-13-36(14-10-24)23(3)39;3-2(4,5)1(6)7/h5-8,15-16,24-26H,4,9-14,17-20H2,1-3H3;(H,6,7). The van der Waals surface area contributed by atoms with Crippen molar-refractivity contribution in [3.8, 4) is 0 Å². The minimum absolute atomic E-state index is 0.0586. The molecular weight excluding hydrogens is 656 g/mol. The first-order valence-corrected chi connectivity index (χ1v) is 16.3. The summed E-state index contributed by atoms with van der Waals surface area (Å²) in [6.07, 6.45) is -2.92. The van der Waals surface area contributed by atoms with E-state index in [0.29, 0.717) is 62.4 Å². The van der Waals surface area contributed by atoms with Gasteiger partial charge in [0.2, 0.25) is 11.8 Å². The van der Waals surface area contributed by atoms with E-state index in [9.17, 15) is 31.9 Å². The molecule has 262 valence electrons. The lowest BCUT2D eigenvalue weighted by Gasteiger charge is -2.34. The Hall–Kier alpha value is -3.71. The fourth-order valence-electron chi connectivity index (χ4n) is 6.64. The van der Waals surface area contributed by atoms with Crippen LogP contribution in [0.1, 0.15) is 47.7 Å². The number of amides is 3. The van der Waals surface area contributed by atoms with Crippen molar-refractivity contribution in [2.24, 2.45) is 17.8 Å². The molecule has 2 aromatic rings. The molecule has 0 saturated carbocycles. The maximum absolute atomic E-state index is 14.3. The predicted molar refractivity (Wildman–Crippen MR) is 172 cm³/mol. The molecular formula is C34H41ClF4N4O5. The molecule has 1 N–H and O–H groups in total. The average molecular weight is 697 g/mol. The quantitative estimate of drug-likeness (QED) is 0.389. The monoisotopic (exact) mass is 696 g/mol. The topological polar surface area (TPSA) is 101 Å². The number of carboxylic acid groups (broad SMARTS) is 1. The number of carbonyl (C=O) groups excluding carboxylic acids is 3. The molecule has 0 bridgehead atoms. The summed E-state index contributed by atoms with van der Waals surface area (Å²) in [7, 11) is 0. The van der Waals surface area contributed by atoms with Crippen LogP contribution in [0.2, 0.25) is 5.02 Å². The molecule has 0 aromatic heterocycles. The van der Waals surface area contributed by atoms with Gasteiger partial charge in [0.25, 0.3) is 5.91 Å². The minimum atomic E-state index is -5.08. The summed E-state index contributed by atoms with van der Waals surface area (Å²) in [6, 6.07) is 10.5. The highest BCUT2D eigenvalue weighted by atomic mass is 35.5. The molecule has 14 heteroatoms. The summed E-state index contributed by atoms with van der Waals surface area (Å²) in [5.41, 5.74) is 2.83. The number of nitrogens with zero attached hydrogens (tertiary/aromatic N) is 4. The molecule has 3 aliphatic rings. The zero-order valence-electron chi connectivity index (χ0n) is 27.2. The summed E-state index contributed by atoms with van der Waals surface area (Å²) < 4.78 is 46.0. The SMILES string of the molecule is CC(=O)N1CCC(C(=O)N(CCCN2CC3CN(C(=O)c4cc(C)ccc4F)CC3C2)c2ccc(C)c(Cl)c2)CC1.O=C(O)C(F)(F)F. The van der Waals surface area contributed by atoms with Gasteiger partial charge >= 0.3 is 12.1 Å². The van der Waals surface area contributed by atoms with Gasteiger partial charge in [0.05, 0.1) is 5.56 Å². The Balaban J connectivity index is 0.000000671. The van der Waals surface area contributed by atoms with Gasteiger partial charge in [-0.05, 0) is 81.3 Å². The van der Waals surface area contributed by atoms with Gasteiger partial charge in [-0.3, -0.25) is 14.4 Å². The molecule has 3 fully saturated rings. The van der Waals surface area contributed by atoms with Crippen molar-refractivity contribution in [1.29, 1.82) is 0 Å². The molecule has 3 heterocycles. The lowest BCUT2D eigenvalue weighted by molar-refractivity contribution is -0.192. The Kier molecular flexibility index (Phi) is 12.1. The van der Waals surface area contributed by atoms with Crippen LogP contribution in [0.3, 0.4) is 0 Å². The van der Waals surface area contributed by atoms with Crippen molar-refractivity contribution in [1.82, 2.24) is 14.7 Å². The van der Waals surface area contributed by atoms with Crippen LogP contribution in [0.5, 0.6) is 0 Å². The number of carboxylic acids is 1. The van der Waals surface area contributed by atoms with E-state index in [1.807, 2.05) is 46.7 Å². The maximum atomic E-state index is 14.3. The van der Waals surface area contributed by atoms with Gasteiger partial charge in [0.15, 0.2) is 0 Å². The third kappa shape index (κ3) is 9.25. The summed E-state index contributed by atoms with van der Waals surface area (Å²) in [5.74, 6) is -2.62. The molecule has 9 nitrogen and oxygen atoms in total. The van der Waals surface area contributed by atoms with Crippen molar-refractivity contribution in [2.45, 2.75) is 46.2 Å². The van der Waals surface area contributed by atoms with Gasteiger partial charge in [0.1, 0.15) is 5.82 Å². The van der Waals surface area contributed by atoms with Crippen LogP contribution in [0, 0.1) is 37.4 Å². The number of aliphatic carboxylic acids is 1. The summed E-state index contributed by atoms with van der Waals surface area (Å²) in [5, 5.41) is 7.77. The fraction of sp³-hybridized carbons (Fsp3) is 0.529. The largest absolute Gasteiger partial charge is 0.490 e. The van der Waals surface area contributed by atoms with E-state index in [0.717, 1.165) is 42.9 Å². The number of piperidine rings is 1. The van der Waals surface area contributed by atoms with E-state index in [1.54, 1.807) is 19.1 Å². The highest BCUT2D eigenvalue weighted by Crippen LogP contribution is 2.33. The number of hydrogen-bond acceptors (Lipinski definition) is 5. The van der Waals surface area contributed by atoms with Gasteiger partial charge in [-0.1, -0.05) is 29.3 Å². The van der Waals surface area contributed by atoms with Crippen LogP contribution >= 0.6 is 11.6 Å². The molecule has 5 rings (SSSR count). The lowest BCUT2D eigenvalue weighted by atomic mass is 9.94. The molecule has 3 amide bonds. The van der Waals surface area contributed by atoms with Crippen LogP contribution in [0.15, 0.2) is 36.4 Å². The first-order valence-electron chi connectivity index (χ1n) is 16.0. The summed E-state index contributed by atoms with van der Waals surface area (Å²) in [6.45, 7) is 11.2. The number of hydrogen-bond donors (Lipinski definition) is 1. The molecule has 2 atom stereocenters. The van der Waals surface area contributed by atoms with Gasteiger partial charge in [-0.25, -0.2) is 9.18 Å². The molecule has 48 heavy (non-hydrogen) atoms. The van der Waals surface area contributed by atoms with Crippen LogP contribution in [0.25, 0.3) is 0 Å². The number of benzene rings is 2. The third-order valence-corrected chi connectivity index (χ3v) is 9.73. The molecule has 2 unspecified atom stereocenters. The third-order valence-electron chi connectivity index (χ3n) is 9.32. The molecule has 0 radical (unpaired) electrons. The minimum Gasteiger partial charge on any atom is -0.475 e. The smallest absolute Gasteiger partial charge is 0.475 e. The number of carbonyl (C=O) groups is 4. The number of rotatable bonds is 7. The Labute approximate surface area is 282 Å². The Bertz CT molecular complexity index is 1500. The fourth-order valence-corrected chi connectivity index (χ4v) is 6.82. The second-order valence-electron chi connectivity index (χ2n) is 12.8. The number of alkyl halides is 3. The number of likely N-dealkylation sites (tertiary alicyclic amines) is 3. The lowest BCUT2D eigenvalue weighted by Crippen LogP contribution is -2.44. The van der Waals surface area contributed by atoms with Crippen molar-refractivity contribution in [2.75, 3.05) is 57.3 Å². The van der Waals surface area contributed by atoms with Gasteiger partial charge < -0.3 is 24.7 Å². The second-order valence-corrected chi connectivity index (χ2v) is 13.2. The Morgan fingerprint density at radius 2 is 1.54 bits per heavy atom. The first-order chi connectivity index (χ1) is 22.5. The van der Waals surface area contributed by atoms with Gasteiger partial charge in [-0.2, -0.15) is 13.2 Å². The van der Waals surface area contributed by atoms with Crippen LogP contribution < -0.4 is 4.90 Å². The number of anilines is 1. The van der Waals surface area contributed by atoms with Crippen LogP contribution in [-0.4, -0.2) is 102 Å². The second kappa shape index (κ2) is 15.7. The highest BCUT2D eigenvalue weighted by Gasteiger charge is 2.42. The van der Waals surface area contributed by atoms with E-state index in [1.165, 1.54) is 6.07 Å². The van der Waals surface area contributed by atoms with E-state index < -0.39 is 18.0 Å². The van der Waals surface area contributed by atoms with Gasteiger partial charge in [0, 0.05) is 69.4 Å². The molecule has 0 aliphatic carbocycles.